The van der Waals surface area contributed by atoms with Gasteiger partial charge in [-0.05, 0) is 23.1 Å². The summed E-state index contributed by atoms with van der Waals surface area (Å²) in [6, 6.07) is 7.56. The first-order valence-electron chi connectivity index (χ1n) is 7.20. The fourth-order valence-electron chi connectivity index (χ4n) is 1.86. The van der Waals surface area contributed by atoms with E-state index in [1.807, 2.05) is 24.3 Å². The maximum Gasteiger partial charge on any atom is 0.359 e. The number of carbonyl (C=O) groups excluding carboxylic acids is 2. The lowest BCUT2D eigenvalue weighted by Crippen LogP contribution is -2.21. The van der Waals surface area contributed by atoms with E-state index >= 15 is 0 Å². The molecule has 0 spiro atoms. The van der Waals surface area contributed by atoms with Crippen LogP contribution in [0.2, 0.25) is 0 Å². The highest BCUT2D eigenvalue weighted by molar-refractivity contribution is 5.94. The molecule has 0 radical (unpaired) electrons. The molecule has 2 rings (SSSR count). The Labute approximate surface area is 134 Å². The average molecular weight is 313 g/mol. The van der Waals surface area contributed by atoms with Crippen LogP contribution in [0.5, 0.6) is 0 Å². The fourth-order valence-corrected chi connectivity index (χ4v) is 1.86. The molecule has 1 aromatic carbocycles. The van der Waals surface area contributed by atoms with Crippen molar-refractivity contribution in [3.05, 3.63) is 54.1 Å². The van der Waals surface area contributed by atoms with E-state index in [1.54, 1.807) is 0 Å². The summed E-state index contributed by atoms with van der Waals surface area (Å²) in [5.74, 6) is -1.10. The first-order chi connectivity index (χ1) is 10.9. The van der Waals surface area contributed by atoms with Gasteiger partial charge in [-0.15, -0.1) is 0 Å². The second-order valence-electron chi connectivity index (χ2n) is 6.04. The van der Waals surface area contributed by atoms with Gasteiger partial charge in [0.15, 0.2) is 12.3 Å². The van der Waals surface area contributed by atoms with Gasteiger partial charge in [-0.25, -0.2) is 9.78 Å². The SMILES string of the molecule is CC(C)(C)c1ccc(NC(=O)COC(=O)c2cnccn2)cc1. The van der Waals surface area contributed by atoms with Crippen LogP contribution in [0.1, 0.15) is 36.8 Å². The molecule has 0 unspecified atom stereocenters. The van der Waals surface area contributed by atoms with E-state index in [2.05, 4.69) is 36.1 Å². The highest BCUT2D eigenvalue weighted by atomic mass is 16.5. The Morgan fingerprint density at radius 2 is 1.83 bits per heavy atom. The predicted molar refractivity (Wildman–Crippen MR) is 86.1 cm³/mol. The fraction of sp³-hybridized carbons (Fsp3) is 0.294. The van der Waals surface area contributed by atoms with Gasteiger partial charge < -0.3 is 10.1 Å². The molecule has 6 nitrogen and oxygen atoms in total. The zero-order valence-corrected chi connectivity index (χ0v) is 13.4. The van der Waals surface area contributed by atoms with E-state index in [9.17, 15) is 9.59 Å². The molecule has 0 aliphatic carbocycles. The van der Waals surface area contributed by atoms with Crippen molar-refractivity contribution in [1.29, 1.82) is 0 Å². The molecule has 0 saturated carbocycles. The van der Waals surface area contributed by atoms with Crippen LogP contribution < -0.4 is 5.32 Å². The Bertz CT molecular complexity index is 676. The molecule has 0 fully saturated rings. The maximum absolute atomic E-state index is 11.8. The lowest BCUT2D eigenvalue weighted by atomic mass is 9.87. The smallest absolute Gasteiger partial charge is 0.359 e. The van der Waals surface area contributed by atoms with Crippen molar-refractivity contribution in [3.63, 3.8) is 0 Å². The molecule has 0 bridgehead atoms. The number of aromatic nitrogens is 2. The molecule has 1 amide bonds. The number of esters is 1. The first kappa shape index (κ1) is 16.6. The zero-order chi connectivity index (χ0) is 16.9. The third-order valence-electron chi connectivity index (χ3n) is 3.14. The van der Waals surface area contributed by atoms with Gasteiger partial charge >= 0.3 is 5.97 Å². The summed E-state index contributed by atoms with van der Waals surface area (Å²) in [5, 5.41) is 2.68. The molecule has 1 N–H and O–H groups in total. The van der Waals surface area contributed by atoms with E-state index in [1.165, 1.54) is 24.2 Å². The van der Waals surface area contributed by atoms with Crippen LogP contribution in [0, 0.1) is 0 Å². The number of rotatable bonds is 4. The third-order valence-corrected chi connectivity index (χ3v) is 3.14. The van der Waals surface area contributed by atoms with Gasteiger partial charge in [0.1, 0.15) is 0 Å². The molecule has 0 aliphatic rings. The number of carbonyl (C=O) groups is 2. The topological polar surface area (TPSA) is 81.2 Å². The molecule has 0 atom stereocenters. The normalized spacial score (nSPS) is 10.9. The number of hydrogen-bond acceptors (Lipinski definition) is 5. The number of amides is 1. The Balaban J connectivity index is 1.86. The standard InChI is InChI=1S/C17H19N3O3/c1-17(2,3)12-4-6-13(7-5-12)20-15(21)11-23-16(22)14-10-18-8-9-19-14/h4-10H,11H2,1-3H3,(H,20,21). The van der Waals surface area contributed by atoms with E-state index in [4.69, 9.17) is 4.74 Å². The summed E-state index contributed by atoms with van der Waals surface area (Å²) in [6.45, 7) is 5.97. The number of nitrogens with one attached hydrogen (secondary N) is 1. The molecule has 0 saturated heterocycles. The van der Waals surface area contributed by atoms with Crippen molar-refractivity contribution in [2.45, 2.75) is 26.2 Å². The van der Waals surface area contributed by atoms with Gasteiger partial charge in [0.2, 0.25) is 0 Å². The lowest BCUT2D eigenvalue weighted by molar-refractivity contribution is -0.119. The average Bonchev–Trinajstić information content (AvgIpc) is 2.53. The van der Waals surface area contributed by atoms with E-state index in [0.29, 0.717) is 5.69 Å². The van der Waals surface area contributed by atoms with Crippen LogP contribution in [0.25, 0.3) is 0 Å². The molecule has 23 heavy (non-hydrogen) atoms. The van der Waals surface area contributed by atoms with Crippen LogP contribution in [0.4, 0.5) is 5.69 Å². The Morgan fingerprint density at radius 1 is 1.13 bits per heavy atom. The van der Waals surface area contributed by atoms with Crippen LogP contribution in [-0.4, -0.2) is 28.5 Å². The van der Waals surface area contributed by atoms with Gasteiger partial charge in [0, 0.05) is 18.1 Å². The number of anilines is 1. The first-order valence-corrected chi connectivity index (χ1v) is 7.20. The van der Waals surface area contributed by atoms with Crippen molar-refractivity contribution in [2.75, 3.05) is 11.9 Å². The second kappa shape index (κ2) is 7.00. The Morgan fingerprint density at radius 3 is 2.39 bits per heavy atom. The number of hydrogen-bond donors (Lipinski definition) is 1. The summed E-state index contributed by atoms with van der Waals surface area (Å²) in [5.41, 5.74) is 1.94. The number of nitrogens with zero attached hydrogens (tertiary/aromatic N) is 2. The molecular weight excluding hydrogens is 294 g/mol. The lowest BCUT2D eigenvalue weighted by Gasteiger charge is -2.19. The summed E-state index contributed by atoms with van der Waals surface area (Å²) >= 11 is 0. The number of benzene rings is 1. The predicted octanol–water partition coefficient (Wildman–Crippen LogP) is 2.57. The molecule has 1 heterocycles. The highest BCUT2D eigenvalue weighted by Crippen LogP contribution is 2.23. The van der Waals surface area contributed by atoms with Crippen LogP contribution >= 0.6 is 0 Å². The summed E-state index contributed by atoms with van der Waals surface area (Å²) in [7, 11) is 0. The van der Waals surface area contributed by atoms with Crippen LogP contribution in [0.3, 0.4) is 0 Å². The summed E-state index contributed by atoms with van der Waals surface area (Å²) < 4.78 is 4.89. The molecule has 0 aliphatic heterocycles. The third kappa shape index (κ3) is 4.88. The molecular formula is C17H19N3O3. The van der Waals surface area contributed by atoms with Gasteiger partial charge in [-0.2, -0.15) is 0 Å². The van der Waals surface area contributed by atoms with E-state index < -0.39 is 11.9 Å². The van der Waals surface area contributed by atoms with Gasteiger partial charge in [0.05, 0.1) is 6.20 Å². The van der Waals surface area contributed by atoms with Crippen molar-refractivity contribution in [2.24, 2.45) is 0 Å². The minimum atomic E-state index is -0.684. The molecule has 120 valence electrons. The van der Waals surface area contributed by atoms with Crippen molar-refractivity contribution in [1.82, 2.24) is 9.97 Å². The van der Waals surface area contributed by atoms with Gasteiger partial charge in [-0.3, -0.25) is 9.78 Å². The summed E-state index contributed by atoms with van der Waals surface area (Å²) in [4.78, 5) is 31.0. The second-order valence-corrected chi connectivity index (χ2v) is 6.04. The van der Waals surface area contributed by atoms with Crippen LogP contribution in [-0.2, 0) is 14.9 Å². The molecule has 2 aromatic rings. The van der Waals surface area contributed by atoms with Crippen molar-refractivity contribution in [3.8, 4) is 0 Å². The number of ether oxygens (including phenoxy) is 1. The van der Waals surface area contributed by atoms with Crippen molar-refractivity contribution >= 4 is 17.6 Å². The summed E-state index contributed by atoms with van der Waals surface area (Å²) in [6.07, 6.45) is 4.11. The van der Waals surface area contributed by atoms with Crippen LogP contribution in [0.15, 0.2) is 42.9 Å². The van der Waals surface area contributed by atoms with Gasteiger partial charge in [-0.1, -0.05) is 32.9 Å². The monoisotopic (exact) mass is 313 g/mol. The largest absolute Gasteiger partial charge is 0.451 e. The molecule has 6 heteroatoms. The Kier molecular flexibility index (Phi) is 5.05. The molecule has 1 aromatic heterocycles. The highest BCUT2D eigenvalue weighted by Gasteiger charge is 2.14. The maximum atomic E-state index is 11.8. The van der Waals surface area contributed by atoms with Gasteiger partial charge in [0.25, 0.3) is 5.91 Å². The van der Waals surface area contributed by atoms with E-state index in [0.717, 1.165) is 0 Å². The van der Waals surface area contributed by atoms with Crippen molar-refractivity contribution < 1.29 is 14.3 Å². The minimum Gasteiger partial charge on any atom is -0.451 e. The minimum absolute atomic E-state index is 0.0504. The van der Waals surface area contributed by atoms with E-state index in [-0.39, 0.29) is 17.7 Å². The Hall–Kier alpha value is -2.76. The quantitative estimate of drug-likeness (QED) is 0.877. The zero-order valence-electron chi connectivity index (χ0n) is 13.4.